The van der Waals surface area contributed by atoms with E-state index < -0.39 is 5.60 Å². The maximum absolute atomic E-state index is 11.3. The molecular weight excluding hydrogens is 294 g/mol. The molecule has 2 heteroatoms. The van der Waals surface area contributed by atoms with Gasteiger partial charge in [-0.15, -0.1) is 0 Å². The largest absolute Gasteiger partial charge is 0.389 e. The zero-order chi connectivity index (χ0) is 16.6. The van der Waals surface area contributed by atoms with Gasteiger partial charge >= 0.3 is 0 Å². The lowest BCUT2D eigenvalue weighted by atomic mass is 9.70. The summed E-state index contributed by atoms with van der Waals surface area (Å²) >= 11 is 0. The fraction of sp³-hybridized carbons (Fsp3) is 0.455. The predicted molar refractivity (Wildman–Crippen MR) is 99.0 cm³/mol. The molecule has 0 aromatic heterocycles. The van der Waals surface area contributed by atoms with Crippen molar-refractivity contribution in [3.8, 4) is 11.1 Å². The van der Waals surface area contributed by atoms with Gasteiger partial charge in [-0.05, 0) is 48.2 Å². The molecule has 0 bridgehead atoms. The fourth-order valence-electron chi connectivity index (χ4n) is 4.63. The SMILES string of the molecule is CN1Cc2cc(-c3ccccc3)ccc2C(C2(O)CCCCC2)C1. The minimum Gasteiger partial charge on any atom is -0.389 e. The van der Waals surface area contributed by atoms with Crippen molar-refractivity contribution < 1.29 is 5.11 Å². The molecule has 24 heavy (non-hydrogen) atoms. The number of hydrogen-bond donors (Lipinski definition) is 1. The molecule has 2 nitrogen and oxygen atoms in total. The van der Waals surface area contributed by atoms with E-state index in [1.54, 1.807) is 0 Å². The van der Waals surface area contributed by atoms with Crippen LogP contribution < -0.4 is 0 Å². The van der Waals surface area contributed by atoms with Gasteiger partial charge in [-0.25, -0.2) is 0 Å². The van der Waals surface area contributed by atoms with E-state index in [-0.39, 0.29) is 5.92 Å². The lowest BCUT2D eigenvalue weighted by molar-refractivity contribution is -0.0333. The van der Waals surface area contributed by atoms with Crippen molar-refractivity contribution in [2.24, 2.45) is 0 Å². The summed E-state index contributed by atoms with van der Waals surface area (Å²) in [5.74, 6) is 0.247. The molecule has 0 amide bonds. The maximum atomic E-state index is 11.3. The Balaban J connectivity index is 1.72. The normalized spacial score (nSPS) is 23.7. The van der Waals surface area contributed by atoms with Gasteiger partial charge in [0, 0.05) is 19.0 Å². The summed E-state index contributed by atoms with van der Waals surface area (Å²) in [6, 6.07) is 17.4. The second-order valence-corrected chi connectivity index (χ2v) is 7.69. The lowest BCUT2D eigenvalue weighted by Crippen LogP contribution is -2.46. The highest BCUT2D eigenvalue weighted by Gasteiger charge is 2.41. The van der Waals surface area contributed by atoms with Gasteiger partial charge in [-0.3, -0.25) is 0 Å². The first-order chi connectivity index (χ1) is 11.7. The van der Waals surface area contributed by atoms with Gasteiger partial charge in [-0.2, -0.15) is 0 Å². The predicted octanol–water partition coefficient (Wildman–Crippen LogP) is 4.58. The van der Waals surface area contributed by atoms with Crippen LogP contribution in [0.2, 0.25) is 0 Å². The first-order valence-electron chi connectivity index (χ1n) is 9.25. The Morgan fingerprint density at radius 1 is 0.958 bits per heavy atom. The average molecular weight is 321 g/mol. The molecule has 1 saturated carbocycles. The summed E-state index contributed by atoms with van der Waals surface area (Å²) < 4.78 is 0. The zero-order valence-corrected chi connectivity index (χ0v) is 14.5. The minimum atomic E-state index is -0.518. The molecule has 0 saturated heterocycles. The van der Waals surface area contributed by atoms with E-state index >= 15 is 0 Å². The summed E-state index contributed by atoms with van der Waals surface area (Å²) in [6.45, 7) is 1.94. The van der Waals surface area contributed by atoms with Crippen molar-refractivity contribution in [2.75, 3.05) is 13.6 Å². The molecule has 2 aromatic rings. The van der Waals surface area contributed by atoms with Gasteiger partial charge in [0.2, 0.25) is 0 Å². The molecule has 2 aromatic carbocycles. The van der Waals surface area contributed by atoms with Crippen LogP contribution in [-0.2, 0) is 6.54 Å². The van der Waals surface area contributed by atoms with Crippen LogP contribution in [0.1, 0.15) is 49.1 Å². The van der Waals surface area contributed by atoms with Crippen LogP contribution in [0.15, 0.2) is 48.5 Å². The van der Waals surface area contributed by atoms with Crippen LogP contribution in [0.3, 0.4) is 0 Å². The quantitative estimate of drug-likeness (QED) is 0.875. The van der Waals surface area contributed by atoms with E-state index in [0.29, 0.717) is 0 Å². The highest BCUT2D eigenvalue weighted by Crippen LogP contribution is 2.44. The summed E-state index contributed by atoms with van der Waals surface area (Å²) in [4.78, 5) is 2.37. The summed E-state index contributed by atoms with van der Waals surface area (Å²) in [6.07, 6.45) is 5.49. The van der Waals surface area contributed by atoms with Crippen molar-refractivity contribution in [3.63, 3.8) is 0 Å². The van der Waals surface area contributed by atoms with E-state index in [9.17, 15) is 5.11 Å². The van der Waals surface area contributed by atoms with Crippen molar-refractivity contribution >= 4 is 0 Å². The molecule has 1 unspecified atom stereocenters. The highest BCUT2D eigenvalue weighted by atomic mass is 16.3. The third-order valence-electron chi connectivity index (χ3n) is 5.93. The summed E-state index contributed by atoms with van der Waals surface area (Å²) in [7, 11) is 2.18. The van der Waals surface area contributed by atoms with Gasteiger partial charge in [0.25, 0.3) is 0 Å². The van der Waals surface area contributed by atoms with E-state index in [0.717, 1.165) is 38.8 Å². The van der Waals surface area contributed by atoms with Crippen LogP contribution in [-0.4, -0.2) is 29.2 Å². The monoisotopic (exact) mass is 321 g/mol. The Hall–Kier alpha value is -1.64. The van der Waals surface area contributed by atoms with Crippen LogP contribution >= 0.6 is 0 Å². The molecule has 126 valence electrons. The average Bonchev–Trinajstić information content (AvgIpc) is 2.62. The molecule has 4 rings (SSSR count). The van der Waals surface area contributed by atoms with Crippen LogP contribution in [0.4, 0.5) is 0 Å². The maximum Gasteiger partial charge on any atom is 0.0728 e. The smallest absolute Gasteiger partial charge is 0.0728 e. The Kier molecular flexibility index (Phi) is 4.19. The number of benzene rings is 2. The minimum absolute atomic E-state index is 0.247. The zero-order valence-electron chi connectivity index (χ0n) is 14.5. The van der Waals surface area contributed by atoms with E-state index in [2.05, 4.69) is 60.5 Å². The molecule has 0 spiro atoms. The number of nitrogens with zero attached hydrogens (tertiary/aromatic N) is 1. The third-order valence-corrected chi connectivity index (χ3v) is 5.93. The molecule has 1 atom stereocenters. The lowest BCUT2D eigenvalue weighted by Gasteiger charge is -2.44. The first-order valence-corrected chi connectivity index (χ1v) is 9.25. The van der Waals surface area contributed by atoms with Crippen molar-refractivity contribution in [1.82, 2.24) is 4.90 Å². The molecule has 1 fully saturated rings. The van der Waals surface area contributed by atoms with Crippen molar-refractivity contribution in [2.45, 2.75) is 50.2 Å². The number of rotatable bonds is 2. The molecular formula is C22H27NO. The number of hydrogen-bond acceptors (Lipinski definition) is 2. The molecule has 1 N–H and O–H groups in total. The van der Waals surface area contributed by atoms with Gasteiger partial charge in [0.1, 0.15) is 0 Å². The Labute approximate surface area is 145 Å². The topological polar surface area (TPSA) is 23.5 Å². The van der Waals surface area contributed by atoms with E-state index in [1.165, 1.54) is 28.7 Å². The third kappa shape index (κ3) is 2.89. The molecule has 1 aliphatic carbocycles. The van der Waals surface area contributed by atoms with Gasteiger partial charge < -0.3 is 10.0 Å². The van der Waals surface area contributed by atoms with Crippen molar-refractivity contribution in [3.05, 3.63) is 59.7 Å². The van der Waals surface area contributed by atoms with Crippen LogP contribution in [0, 0.1) is 0 Å². The van der Waals surface area contributed by atoms with Crippen LogP contribution in [0.5, 0.6) is 0 Å². The highest BCUT2D eigenvalue weighted by molar-refractivity contribution is 5.65. The van der Waals surface area contributed by atoms with Crippen LogP contribution in [0.25, 0.3) is 11.1 Å². The van der Waals surface area contributed by atoms with Crippen molar-refractivity contribution in [1.29, 1.82) is 0 Å². The number of fused-ring (bicyclic) bond motifs is 1. The Morgan fingerprint density at radius 3 is 2.46 bits per heavy atom. The van der Waals surface area contributed by atoms with Gasteiger partial charge in [0.15, 0.2) is 0 Å². The standard InChI is InChI=1S/C22H27NO/c1-23-15-19-14-18(17-8-4-2-5-9-17)10-11-20(19)21(16-23)22(24)12-6-3-7-13-22/h2,4-5,8-11,14,21,24H,3,6-7,12-13,15-16H2,1H3. The van der Waals surface area contributed by atoms with E-state index in [1.807, 2.05) is 0 Å². The molecule has 1 heterocycles. The van der Waals surface area contributed by atoms with Gasteiger partial charge in [0.05, 0.1) is 5.60 Å². The second kappa shape index (κ2) is 6.34. The first kappa shape index (κ1) is 15.9. The summed E-state index contributed by atoms with van der Waals surface area (Å²) in [5, 5.41) is 11.3. The fourth-order valence-corrected chi connectivity index (χ4v) is 4.63. The Morgan fingerprint density at radius 2 is 1.71 bits per heavy atom. The number of likely N-dealkylation sites (N-methyl/N-ethyl adjacent to an activating group) is 1. The Bertz CT molecular complexity index is 703. The molecule has 2 aliphatic rings. The van der Waals surface area contributed by atoms with Gasteiger partial charge in [-0.1, -0.05) is 61.7 Å². The van der Waals surface area contributed by atoms with E-state index in [4.69, 9.17) is 0 Å². The summed E-state index contributed by atoms with van der Waals surface area (Å²) in [5.41, 5.74) is 4.78. The second-order valence-electron chi connectivity index (χ2n) is 7.69. The molecule has 1 aliphatic heterocycles. The number of aliphatic hydroxyl groups is 1. The molecule has 0 radical (unpaired) electrons.